The highest BCUT2D eigenvalue weighted by Crippen LogP contribution is 2.41. The molecule has 0 unspecified atom stereocenters. The Kier molecular flexibility index (Phi) is 5.36. The predicted molar refractivity (Wildman–Crippen MR) is 96.8 cm³/mol. The van der Waals surface area contributed by atoms with Crippen molar-refractivity contribution in [3.05, 3.63) is 65.0 Å². The first-order valence-corrected chi connectivity index (χ1v) is 8.66. The minimum atomic E-state index is -5.16. The van der Waals surface area contributed by atoms with Crippen molar-refractivity contribution < 1.29 is 32.2 Å². The molecular formula is C20H18F4N2O3. The number of aryl methyl sites for hydroxylation is 2. The minimum Gasteiger partial charge on any atom is -0.484 e. The quantitative estimate of drug-likeness (QED) is 0.782. The number of hydrazone groups is 1. The molecule has 1 amide bonds. The van der Waals surface area contributed by atoms with Crippen LogP contribution in [0.15, 0.2) is 47.6 Å². The molecule has 3 rings (SSSR count). The molecule has 0 spiro atoms. The molecule has 154 valence electrons. The van der Waals surface area contributed by atoms with E-state index in [-0.39, 0.29) is 16.3 Å². The van der Waals surface area contributed by atoms with Crippen LogP contribution in [0.3, 0.4) is 0 Å². The lowest BCUT2D eigenvalue weighted by molar-refractivity contribution is -0.302. The number of hydrogen-bond donors (Lipinski definition) is 1. The van der Waals surface area contributed by atoms with Gasteiger partial charge in [-0.15, -0.1) is 0 Å². The van der Waals surface area contributed by atoms with Crippen LogP contribution in [0.2, 0.25) is 0 Å². The van der Waals surface area contributed by atoms with Crippen LogP contribution >= 0.6 is 0 Å². The average molecular weight is 410 g/mol. The zero-order chi connectivity index (χ0) is 21.4. The average Bonchev–Trinajstić information content (AvgIpc) is 2.98. The smallest absolute Gasteiger partial charge is 0.438 e. The topological polar surface area (TPSA) is 62.1 Å². The molecule has 0 radical (unpaired) electrons. The van der Waals surface area contributed by atoms with Gasteiger partial charge in [0.15, 0.2) is 6.61 Å². The maximum Gasteiger partial charge on any atom is 0.438 e. The van der Waals surface area contributed by atoms with Gasteiger partial charge < -0.3 is 9.84 Å². The zero-order valence-corrected chi connectivity index (χ0v) is 15.6. The van der Waals surface area contributed by atoms with E-state index in [9.17, 15) is 27.5 Å². The van der Waals surface area contributed by atoms with Gasteiger partial charge >= 0.3 is 6.18 Å². The molecule has 29 heavy (non-hydrogen) atoms. The molecule has 0 saturated carbocycles. The lowest BCUT2D eigenvalue weighted by atomic mass is 10.0. The summed E-state index contributed by atoms with van der Waals surface area (Å²) in [6.07, 6.45) is -6.13. The van der Waals surface area contributed by atoms with Crippen LogP contribution in [0.5, 0.6) is 5.75 Å². The molecule has 2 aromatic rings. The molecule has 1 N–H and O–H groups in total. The largest absolute Gasteiger partial charge is 0.484 e. The second-order valence-electron chi connectivity index (χ2n) is 6.86. The van der Waals surface area contributed by atoms with E-state index in [1.54, 1.807) is 12.1 Å². The Morgan fingerprint density at radius 2 is 1.76 bits per heavy atom. The van der Waals surface area contributed by atoms with Gasteiger partial charge in [-0.05, 0) is 54.8 Å². The molecule has 1 heterocycles. The first-order chi connectivity index (χ1) is 13.5. The Labute approximate surface area is 164 Å². The van der Waals surface area contributed by atoms with Gasteiger partial charge in [0.25, 0.3) is 11.6 Å². The summed E-state index contributed by atoms with van der Waals surface area (Å²) >= 11 is 0. The zero-order valence-electron chi connectivity index (χ0n) is 15.6. The second-order valence-corrected chi connectivity index (χ2v) is 6.86. The summed E-state index contributed by atoms with van der Waals surface area (Å²) < 4.78 is 59.1. The van der Waals surface area contributed by atoms with Gasteiger partial charge in [0.1, 0.15) is 11.6 Å². The molecule has 0 bridgehead atoms. The van der Waals surface area contributed by atoms with Gasteiger partial charge in [-0.25, -0.2) is 4.39 Å². The number of halogens is 4. The third-order valence-electron chi connectivity index (χ3n) is 4.41. The summed E-state index contributed by atoms with van der Waals surface area (Å²) in [7, 11) is 0. The van der Waals surface area contributed by atoms with Crippen LogP contribution in [0.1, 0.15) is 23.1 Å². The SMILES string of the molecule is Cc1cc(C)cc(OCC(=O)N2N=C(c3ccc(F)cc3)C[C@@]2(O)C(F)(F)F)c1. The van der Waals surface area contributed by atoms with Crippen LogP contribution in [-0.4, -0.2) is 40.2 Å². The van der Waals surface area contributed by atoms with Crippen LogP contribution in [0.25, 0.3) is 0 Å². The Hall–Kier alpha value is -2.94. The first kappa shape index (κ1) is 20.8. The number of benzene rings is 2. The van der Waals surface area contributed by atoms with E-state index in [1.807, 2.05) is 19.9 Å². The van der Waals surface area contributed by atoms with Crippen LogP contribution < -0.4 is 4.74 Å². The first-order valence-electron chi connectivity index (χ1n) is 8.66. The number of carbonyl (C=O) groups excluding carboxylic acids is 1. The summed E-state index contributed by atoms with van der Waals surface area (Å²) in [5.74, 6) is -1.43. The highest BCUT2D eigenvalue weighted by molar-refractivity contribution is 6.03. The van der Waals surface area contributed by atoms with Crippen LogP contribution in [0.4, 0.5) is 17.6 Å². The molecule has 1 aliphatic heterocycles. The summed E-state index contributed by atoms with van der Waals surface area (Å²) in [5, 5.41) is 13.9. The van der Waals surface area contributed by atoms with Crippen molar-refractivity contribution >= 4 is 11.6 Å². The van der Waals surface area contributed by atoms with E-state index in [0.717, 1.165) is 23.3 Å². The van der Waals surface area contributed by atoms with E-state index < -0.39 is 36.7 Å². The third kappa shape index (κ3) is 4.24. The number of alkyl halides is 3. The highest BCUT2D eigenvalue weighted by Gasteiger charge is 2.63. The highest BCUT2D eigenvalue weighted by atomic mass is 19.4. The van der Waals surface area contributed by atoms with Crippen molar-refractivity contribution in [2.45, 2.75) is 32.2 Å². The van der Waals surface area contributed by atoms with E-state index in [2.05, 4.69) is 5.10 Å². The fraction of sp³-hybridized carbons (Fsp3) is 0.300. The number of amides is 1. The Morgan fingerprint density at radius 3 is 2.31 bits per heavy atom. The number of hydrogen-bond acceptors (Lipinski definition) is 4. The maximum absolute atomic E-state index is 13.6. The number of carbonyl (C=O) groups is 1. The summed E-state index contributed by atoms with van der Waals surface area (Å²) in [5.41, 5.74) is -1.82. The van der Waals surface area contributed by atoms with Crippen molar-refractivity contribution in [1.29, 1.82) is 0 Å². The molecule has 0 fully saturated rings. The normalized spacial score (nSPS) is 19.3. The monoisotopic (exact) mass is 410 g/mol. The molecule has 0 aromatic heterocycles. The summed E-state index contributed by atoms with van der Waals surface area (Å²) in [6.45, 7) is 2.87. The molecule has 1 aliphatic rings. The van der Waals surface area contributed by atoms with E-state index in [0.29, 0.717) is 5.75 Å². The van der Waals surface area contributed by atoms with E-state index >= 15 is 0 Å². The van der Waals surface area contributed by atoms with Gasteiger partial charge in [0, 0.05) is 0 Å². The maximum atomic E-state index is 13.6. The number of nitrogens with zero attached hydrogens (tertiary/aromatic N) is 2. The van der Waals surface area contributed by atoms with Crippen LogP contribution in [0, 0.1) is 19.7 Å². The van der Waals surface area contributed by atoms with Gasteiger partial charge in [0.05, 0.1) is 12.1 Å². The fourth-order valence-corrected chi connectivity index (χ4v) is 3.05. The lowest BCUT2D eigenvalue weighted by Gasteiger charge is -2.32. The van der Waals surface area contributed by atoms with Crippen molar-refractivity contribution in [2.75, 3.05) is 6.61 Å². The van der Waals surface area contributed by atoms with E-state index in [1.165, 1.54) is 12.1 Å². The Morgan fingerprint density at radius 1 is 1.17 bits per heavy atom. The van der Waals surface area contributed by atoms with Crippen LogP contribution in [-0.2, 0) is 4.79 Å². The summed E-state index contributed by atoms with van der Waals surface area (Å²) in [6, 6.07) is 9.70. The van der Waals surface area contributed by atoms with Gasteiger partial charge in [-0.3, -0.25) is 4.79 Å². The molecule has 0 saturated heterocycles. The fourth-order valence-electron chi connectivity index (χ4n) is 3.05. The second kappa shape index (κ2) is 7.47. The standard InChI is InChI=1S/C20H18F4N2O3/c1-12-7-13(2)9-16(8-12)29-11-18(27)26-19(28,20(22,23)24)10-17(25-26)14-3-5-15(21)6-4-14/h3-9,28H,10-11H2,1-2H3/t19-/m1/s1. The van der Waals surface area contributed by atoms with Gasteiger partial charge in [-0.2, -0.15) is 23.3 Å². The molecular weight excluding hydrogens is 392 g/mol. The van der Waals surface area contributed by atoms with Crippen molar-refractivity contribution in [2.24, 2.45) is 5.10 Å². The molecule has 9 heteroatoms. The molecule has 0 aliphatic carbocycles. The minimum absolute atomic E-state index is 0.00561. The number of aliphatic hydroxyl groups is 1. The molecule has 2 aromatic carbocycles. The van der Waals surface area contributed by atoms with Gasteiger partial charge in [0.2, 0.25) is 0 Å². The molecule has 1 atom stereocenters. The number of rotatable bonds is 4. The van der Waals surface area contributed by atoms with Crippen molar-refractivity contribution in [3.8, 4) is 5.75 Å². The third-order valence-corrected chi connectivity index (χ3v) is 4.41. The van der Waals surface area contributed by atoms with Crippen molar-refractivity contribution in [3.63, 3.8) is 0 Å². The number of ether oxygens (including phenoxy) is 1. The molecule has 5 nitrogen and oxygen atoms in total. The Bertz CT molecular complexity index is 937. The Balaban J connectivity index is 1.85. The van der Waals surface area contributed by atoms with E-state index in [4.69, 9.17) is 4.74 Å². The summed E-state index contributed by atoms with van der Waals surface area (Å²) in [4.78, 5) is 12.5. The van der Waals surface area contributed by atoms with Crippen molar-refractivity contribution in [1.82, 2.24) is 5.01 Å². The lowest BCUT2D eigenvalue weighted by Crippen LogP contribution is -2.57. The predicted octanol–water partition coefficient (Wildman–Crippen LogP) is 3.71. The van der Waals surface area contributed by atoms with Gasteiger partial charge in [-0.1, -0.05) is 18.2 Å².